The van der Waals surface area contributed by atoms with Crippen LogP contribution in [0.4, 0.5) is 5.69 Å². The molecule has 104 valence electrons. The smallest absolute Gasteiger partial charge is 0.238 e. The molecule has 0 heterocycles. The maximum atomic E-state index is 12.2. The lowest BCUT2D eigenvalue weighted by atomic mass is 10.3. The van der Waals surface area contributed by atoms with Crippen molar-refractivity contribution >= 4 is 37.4 Å². The number of anilines is 1. The van der Waals surface area contributed by atoms with Crippen LogP contribution < -0.4 is 5.73 Å². The van der Waals surface area contributed by atoms with Crippen LogP contribution in [0.1, 0.15) is 12.8 Å². The lowest BCUT2D eigenvalue weighted by molar-refractivity contribution is -0.127. The van der Waals surface area contributed by atoms with Crippen molar-refractivity contribution in [3.8, 4) is 0 Å². The summed E-state index contributed by atoms with van der Waals surface area (Å²) in [6, 6.07) is 4.64. The van der Waals surface area contributed by atoms with E-state index in [2.05, 4.69) is 15.9 Å². The van der Waals surface area contributed by atoms with Crippen LogP contribution in [0.5, 0.6) is 0 Å². The average molecular weight is 347 g/mol. The first kappa shape index (κ1) is 14.3. The molecule has 1 aliphatic rings. The summed E-state index contributed by atoms with van der Waals surface area (Å²) in [5.74, 6) is -0.881. The van der Waals surface area contributed by atoms with Gasteiger partial charge in [-0.15, -0.1) is 0 Å². The topological polar surface area (TPSA) is 80.5 Å². The van der Waals surface area contributed by atoms with Crippen molar-refractivity contribution in [2.45, 2.75) is 23.8 Å². The van der Waals surface area contributed by atoms with Gasteiger partial charge in [-0.3, -0.25) is 4.79 Å². The third kappa shape index (κ3) is 3.27. The molecule has 0 atom stereocenters. The molecule has 5 nitrogen and oxygen atoms in total. The molecule has 1 aromatic carbocycles. The molecule has 0 aliphatic heterocycles. The minimum atomic E-state index is -3.65. The van der Waals surface area contributed by atoms with Gasteiger partial charge in [0.1, 0.15) is 5.75 Å². The van der Waals surface area contributed by atoms with Crippen molar-refractivity contribution in [2.75, 3.05) is 18.5 Å². The number of benzene rings is 1. The highest BCUT2D eigenvalue weighted by Gasteiger charge is 2.32. The maximum absolute atomic E-state index is 12.2. The van der Waals surface area contributed by atoms with E-state index in [0.29, 0.717) is 10.2 Å². The van der Waals surface area contributed by atoms with E-state index in [9.17, 15) is 13.2 Å². The van der Waals surface area contributed by atoms with Crippen LogP contribution in [0.2, 0.25) is 0 Å². The number of halogens is 1. The van der Waals surface area contributed by atoms with Gasteiger partial charge >= 0.3 is 0 Å². The van der Waals surface area contributed by atoms with Crippen LogP contribution in [0.15, 0.2) is 27.6 Å². The summed E-state index contributed by atoms with van der Waals surface area (Å²) in [4.78, 5) is 13.5. The molecule has 0 radical (unpaired) electrons. The van der Waals surface area contributed by atoms with Gasteiger partial charge in [0, 0.05) is 23.2 Å². The number of nitrogens with zero attached hydrogens (tertiary/aromatic N) is 1. The Balaban J connectivity index is 2.20. The van der Waals surface area contributed by atoms with Crippen molar-refractivity contribution < 1.29 is 13.2 Å². The molecule has 1 saturated carbocycles. The second-order valence-electron chi connectivity index (χ2n) is 4.68. The summed E-state index contributed by atoms with van der Waals surface area (Å²) in [6.07, 6.45) is 1.90. The number of nitrogen functional groups attached to an aromatic ring is 1. The lowest BCUT2D eigenvalue weighted by Crippen LogP contribution is -2.34. The molecule has 0 spiro atoms. The number of amides is 1. The summed E-state index contributed by atoms with van der Waals surface area (Å²) < 4.78 is 24.8. The molecule has 2 rings (SSSR count). The Morgan fingerprint density at radius 3 is 2.63 bits per heavy atom. The van der Waals surface area contributed by atoms with Gasteiger partial charge in [0.25, 0.3) is 0 Å². The molecule has 19 heavy (non-hydrogen) atoms. The zero-order chi connectivity index (χ0) is 14.2. The lowest BCUT2D eigenvalue weighted by Gasteiger charge is -2.16. The van der Waals surface area contributed by atoms with Crippen molar-refractivity contribution in [3.63, 3.8) is 0 Å². The molecule has 0 bridgehead atoms. The molecule has 1 aromatic rings. The Labute approximate surface area is 120 Å². The van der Waals surface area contributed by atoms with Gasteiger partial charge in [-0.05, 0) is 47.0 Å². The molecular weight excluding hydrogens is 332 g/mol. The standard InChI is InChI=1S/C12H15BrN2O3S/c1-15(9-3-4-9)12(16)7-19(17,18)11-5-2-8(14)6-10(11)13/h2,5-6,9H,3-4,7,14H2,1H3. The summed E-state index contributed by atoms with van der Waals surface area (Å²) in [7, 11) is -2.00. The molecule has 0 aromatic heterocycles. The minimum absolute atomic E-state index is 0.0965. The second-order valence-corrected chi connectivity index (χ2v) is 7.50. The quantitative estimate of drug-likeness (QED) is 0.836. The number of carbonyl (C=O) groups excluding carboxylic acids is 1. The van der Waals surface area contributed by atoms with E-state index in [1.807, 2.05) is 0 Å². The summed E-state index contributed by atoms with van der Waals surface area (Å²) in [5, 5.41) is 0. The Kier molecular flexibility index (Phi) is 3.87. The normalized spacial score (nSPS) is 15.3. The fourth-order valence-electron chi connectivity index (χ4n) is 1.78. The maximum Gasteiger partial charge on any atom is 0.238 e. The number of hydrogen-bond acceptors (Lipinski definition) is 4. The molecule has 2 N–H and O–H groups in total. The van der Waals surface area contributed by atoms with E-state index in [0.717, 1.165) is 12.8 Å². The first-order valence-corrected chi connectivity index (χ1v) is 8.29. The highest BCUT2D eigenvalue weighted by Crippen LogP contribution is 2.28. The average Bonchev–Trinajstić information content (AvgIpc) is 3.10. The highest BCUT2D eigenvalue weighted by molar-refractivity contribution is 9.10. The van der Waals surface area contributed by atoms with Crippen LogP contribution in [-0.2, 0) is 14.6 Å². The minimum Gasteiger partial charge on any atom is -0.399 e. The highest BCUT2D eigenvalue weighted by atomic mass is 79.9. The summed E-state index contributed by atoms with van der Waals surface area (Å²) >= 11 is 3.17. The van der Waals surface area contributed by atoms with Crippen LogP contribution in [0, 0.1) is 0 Å². The predicted octanol–water partition coefficient (Wildman–Crippen LogP) is 1.43. The van der Waals surface area contributed by atoms with Gasteiger partial charge in [-0.25, -0.2) is 8.42 Å². The van der Waals surface area contributed by atoms with E-state index in [1.165, 1.54) is 23.1 Å². The monoisotopic (exact) mass is 346 g/mol. The van der Waals surface area contributed by atoms with E-state index in [4.69, 9.17) is 5.73 Å². The third-order valence-electron chi connectivity index (χ3n) is 3.09. The first-order chi connectivity index (χ1) is 8.81. The molecule has 1 fully saturated rings. The third-order valence-corrected chi connectivity index (χ3v) is 5.66. The van der Waals surface area contributed by atoms with Gasteiger partial charge in [-0.2, -0.15) is 0 Å². The summed E-state index contributed by atoms with van der Waals surface area (Å²) in [5.41, 5.74) is 6.03. The van der Waals surface area contributed by atoms with Crippen molar-refractivity contribution in [1.29, 1.82) is 0 Å². The Morgan fingerprint density at radius 2 is 2.11 bits per heavy atom. The van der Waals surface area contributed by atoms with Gasteiger partial charge < -0.3 is 10.6 Å². The summed E-state index contributed by atoms with van der Waals surface area (Å²) in [6.45, 7) is 0. The number of rotatable bonds is 4. The number of sulfone groups is 1. The van der Waals surface area contributed by atoms with Gasteiger partial charge in [0.05, 0.1) is 4.90 Å². The molecule has 7 heteroatoms. The molecule has 0 unspecified atom stereocenters. The SMILES string of the molecule is CN(C(=O)CS(=O)(=O)c1ccc(N)cc1Br)C1CC1. The fourth-order valence-corrected chi connectivity index (χ4v) is 4.23. The predicted molar refractivity (Wildman–Crippen MR) is 76.4 cm³/mol. The van der Waals surface area contributed by atoms with E-state index < -0.39 is 15.6 Å². The van der Waals surface area contributed by atoms with Crippen molar-refractivity contribution in [3.05, 3.63) is 22.7 Å². The Hall–Kier alpha value is -1.08. The zero-order valence-electron chi connectivity index (χ0n) is 10.5. The van der Waals surface area contributed by atoms with E-state index in [-0.39, 0.29) is 16.8 Å². The molecule has 0 saturated heterocycles. The van der Waals surface area contributed by atoms with Crippen LogP contribution >= 0.6 is 15.9 Å². The van der Waals surface area contributed by atoms with Gasteiger partial charge in [0.2, 0.25) is 5.91 Å². The van der Waals surface area contributed by atoms with Crippen LogP contribution in [0.25, 0.3) is 0 Å². The number of carbonyl (C=O) groups is 1. The second kappa shape index (κ2) is 5.13. The number of hydrogen-bond donors (Lipinski definition) is 1. The Morgan fingerprint density at radius 1 is 1.47 bits per heavy atom. The zero-order valence-corrected chi connectivity index (χ0v) is 12.9. The fraction of sp³-hybridized carbons (Fsp3) is 0.417. The van der Waals surface area contributed by atoms with E-state index in [1.54, 1.807) is 7.05 Å². The Bertz CT molecular complexity index is 611. The van der Waals surface area contributed by atoms with Crippen molar-refractivity contribution in [2.24, 2.45) is 0 Å². The van der Waals surface area contributed by atoms with Crippen LogP contribution in [0.3, 0.4) is 0 Å². The molecular formula is C12H15BrN2O3S. The van der Waals surface area contributed by atoms with Crippen LogP contribution in [-0.4, -0.2) is 38.1 Å². The first-order valence-electron chi connectivity index (χ1n) is 5.85. The molecule has 1 amide bonds. The largest absolute Gasteiger partial charge is 0.399 e. The molecule has 1 aliphatic carbocycles. The van der Waals surface area contributed by atoms with Gasteiger partial charge in [0.15, 0.2) is 9.84 Å². The van der Waals surface area contributed by atoms with E-state index >= 15 is 0 Å². The van der Waals surface area contributed by atoms with Gasteiger partial charge in [-0.1, -0.05) is 0 Å². The van der Waals surface area contributed by atoms with Crippen molar-refractivity contribution in [1.82, 2.24) is 4.90 Å². The number of nitrogens with two attached hydrogens (primary N) is 1.